The summed E-state index contributed by atoms with van der Waals surface area (Å²) in [5.74, 6) is 0.696. The van der Waals surface area contributed by atoms with Crippen molar-refractivity contribution in [2.45, 2.75) is 26.4 Å². The Hall–Kier alpha value is -2.84. The van der Waals surface area contributed by atoms with E-state index < -0.39 is 0 Å². The summed E-state index contributed by atoms with van der Waals surface area (Å²) in [6, 6.07) is 16.0. The molecule has 0 radical (unpaired) electrons. The molecule has 0 fully saturated rings. The lowest BCUT2D eigenvalue weighted by molar-refractivity contribution is -0.121. The highest BCUT2D eigenvalue weighted by Crippen LogP contribution is 2.21. The second-order valence-electron chi connectivity index (χ2n) is 6.47. The number of carbonyl (C=O) groups is 1. The van der Waals surface area contributed by atoms with Gasteiger partial charge < -0.3 is 5.32 Å². The van der Waals surface area contributed by atoms with Gasteiger partial charge in [0.1, 0.15) is 5.01 Å². The van der Waals surface area contributed by atoms with Crippen LogP contribution < -0.4 is 5.32 Å². The number of hydrogen-bond donors (Lipinski definition) is 2. The fraction of sp³-hybridized carbons (Fsp3) is 0.200. The van der Waals surface area contributed by atoms with Gasteiger partial charge in [-0.15, -0.1) is 11.3 Å². The summed E-state index contributed by atoms with van der Waals surface area (Å²) in [4.78, 5) is 16.9. The number of aromatic nitrogens is 4. The number of nitrogens with one attached hydrogen (secondary N) is 2. The first-order valence-electron chi connectivity index (χ1n) is 8.93. The van der Waals surface area contributed by atoms with E-state index in [1.165, 1.54) is 5.56 Å². The van der Waals surface area contributed by atoms with Crippen LogP contribution in [-0.4, -0.2) is 25.7 Å². The summed E-state index contributed by atoms with van der Waals surface area (Å²) >= 11 is 6.93. The lowest BCUT2D eigenvalue weighted by Gasteiger charge is -2.07. The molecular formula is C20H19N5OS2. The lowest BCUT2D eigenvalue weighted by Crippen LogP contribution is -2.24. The Labute approximate surface area is 171 Å². The third kappa shape index (κ3) is 4.02. The average molecular weight is 410 g/mol. The van der Waals surface area contributed by atoms with Crippen LogP contribution in [-0.2, 0) is 17.9 Å². The zero-order valence-corrected chi connectivity index (χ0v) is 16.9. The highest BCUT2D eigenvalue weighted by Gasteiger charge is 2.11. The second kappa shape index (κ2) is 8.04. The fourth-order valence-corrected chi connectivity index (χ4v) is 4.05. The largest absolute Gasteiger partial charge is 0.350 e. The zero-order chi connectivity index (χ0) is 19.5. The molecule has 0 spiro atoms. The van der Waals surface area contributed by atoms with E-state index in [0.29, 0.717) is 24.3 Å². The van der Waals surface area contributed by atoms with Gasteiger partial charge in [-0.1, -0.05) is 42.0 Å². The third-order valence-electron chi connectivity index (χ3n) is 4.41. The molecule has 2 heterocycles. The number of carbonyl (C=O) groups excluding carboxylic acids is 1. The van der Waals surface area contributed by atoms with Gasteiger partial charge in [-0.25, -0.2) is 4.98 Å². The van der Waals surface area contributed by atoms with Crippen LogP contribution in [0.3, 0.4) is 0 Å². The van der Waals surface area contributed by atoms with Crippen LogP contribution in [0.25, 0.3) is 21.6 Å². The van der Waals surface area contributed by atoms with Crippen LogP contribution in [0.1, 0.15) is 17.0 Å². The quantitative estimate of drug-likeness (QED) is 0.467. The predicted molar refractivity (Wildman–Crippen MR) is 114 cm³/mol. The van der Waals surface area contributed by atoms with E-state index in [1.807, 2.05) is 60.0 Å². The van der Waals surface area contributed by atoms with Gasteiger partial charge in [0.15, 0.2) is 10.6 Å². The second-order valence-corrected chi connectivity index (χ2v) is 7.97. The van der Waals surface area contributed by atoms with E-state index >= 15 is 0 Å². The normalized spacial score (nSPS) is 11.0. The summed E-state index contributed by atoms with van der Waals surface area (Å²) in [7, 11) is 0. The van der Waals surface area contributed by atoms with Gasteiger partial charge in [0.25, 0.3) is 0 Å². The van der Waals surface area contributed by atoms with Gasteiger partial charge in [-0.05, 0) is 31.3 Å². The van der Waals surface area contributed by atoms with Gasteiger partial charge in [0.2, 0.25) is 5.91 Å². The number of fused-ring (bicyclic) bond motifs is 1. The monoisotopic (exact) mass is 409 g/mol. The molecule has 0 bridgehead atoms. The average Bonchev–Trinajstić information content (AvgIpc) is 3.28. The Morgan fingerprint density at radius 3 is 2.79 bits per heavy atom. The lowest BCUT2D eigenvalue weighted by atomic mass is 10.1. The number of aryl methyl sites for hydroxylation is 1. The molecule has 0 saturated carbocycles. The zero-order valence-electron chi connectivity index (χ0n) is 15.3. The Morgan fingerprint density at radius 1 is 1.21 bits per heavy atom. The number of para-hydroxylation sites is 1. The van der Waals surface area contributed by atoms with E-state index in [9.17, 15) is 4.79 Å². The van der Waals surface area contributed by atoms with Crippen LogP contribution >= 0.6 is 23.6 Å². The third-order valence-corrected chi connectivity index (χ3v) is 5.75. The Morgan fingerprint density at radius 2 is 2.00 bits per heavy atom. The molecule has 0 aliphatic carbocycles. The minimum absolute atomic E-state index is 0.0442. The van der Waals surface area contributed by atoms with E-state index in [1.54, 1.807) is 11.3 Å². The van der Waals surface area contributed by atoms with Gasteiger partial charge >= 0.3 is 0 Å². The molecule has 0 atom stereocenters. The van der Waals surface area contributed by atoms with Crippen molar-refractivity contribution >= 4 is 39.7 Å². The Bertz CT molecular complexity index is 1140. The maximum Gasteiger partial charge on any atom is 0.222 e. The topological polar surface area (TPSA) is 75.6 Å². The predicted octanol–water partition coefficient (Wildman–Crippen LogP) is 4.23. The molecule has 6 nitrogen and oxygen atoms in total. The summed E-state index contributed by atoms with van der Waals surface area (Å²) in [6.45, 7) is 2.93. The molecule has 2 N–H and O–H groups in total. The van der Waals surface area contributed by atoms with E-state index in [-0.39, 0.29) is 5.91 Å². The molecule has 1 amide bonds. The van der Waals surface area contributed by atoms with Crippen molar-refractivity contribution in [1.29, 1.82) is 0 Å². The Kier molecular flexibility index (Phi) is 5.31. The molecule has 28 heavy (non-hydrogen) atoms. The fourth-order valence-electron chi connectivity index (χ4n) is 2.92. The SMILES string of the molecule is Cc1ccc(-c2n[nH]c(=S)n2CCC(=O)NCc2nc3ccccc3s2)cc1. The molecule has 0 unspecified atom stereocenters. The van der Waals surface area contributed by atoms with Gasteiger partial charge in [0.05, 0.1) is 16.8 Å². The highest BCUT2D eigenvalue weighted by atomic mass is 32.1. The van der Waals surface area contributed by atoms with Crippen molar-refractivity contribution in [3.8, 4) is 11.4 Å². The molecule has 2 aromatic carbocycles. The van der Waals surface area contributed by atoms with Crippen molar-refractivity contribution in [2.75, 3.05) is 0 Å². The molecule has 2 aromatic heterocycles. The minimum atomic E-state index is -0.0442. The number of hydrogen-bond acceptors (Lipinski definition) is 5. The first kappa shape index (κ1) is 18.5. The van der Waals surface area contributed by atoms with Gasteiger partial charge in [-0.2, -0.15) is 5.10 Å². The van der Waals surface area contributed by atoms with Crippen LogP contribution in [0.15, 0.2) is 48.5 Å². The maximum atomic E-state index is 12.3. The van der Waals surface area contributed by atoms with Gasteiger partial charge in [-0.3, -0.25) is 14.5 Å². The maximum absolute atomic E-state index is 12.3. The van der Waals surface area contributed by atoms with Crippen LogP contribution in [0.4, 0.5) is 0 Å². The number of H-pyrrole nitrogens is 1. The van der Waals surface area contributed by atoms with Crippen molar-refractivity contribution in [1.82, 2.24) is 25.1 Å². The van der Waals surface area contributed by atoms with Crippen LogP contribution in [0.2, 0.25) is 0 Å². The summed E-state index contributed by atoms with van der Waals surface area (Å²) < 4.78 is 3.49. The smallest absolute Gasteiger partial charge is 0.222 e. The van der Waals surface area contributed by atoms with Crippen LogP contribution in [0.5, 0.6) is 0 Å². The molecule has 4 aromatic rings. The summed E-state index contributed by atoms with van der Waals surface area (Å²) in [5, 5.41) is 11.0. The molecule has 142 valence electrons. The van der Waals surface area contributed by atoms with E-state index in [0.717, 1.165) is 26.6 Å². The highest BCUT2D eigenvalue weighted by molar-refractivity contribution is 7.71. The number of aromatic amines is 1. The molecule has 0 aliphatic heterocycles. The number of nitrogens with zero attached hydrogens (tertiary/aromatic N) is 3. The summed E-state index contributed by atoms with van der Waals surface area (Å²) in [6.07, 6.45) is 0.317. The van der Waals surface area contributed by atoms with Crippen LogP contribution in [0, 0.1) is 11.7 Å². The van der Waals surface area contributed by atoms with Crippen molar-refractivity contribution < 1.29 is 4.79 Å². The van der Waals surface area contributed by atoms with Crippen molar-refractivity contribution in [3.63, 3.8) is 0 Å². The Balaban J connectivity index is 1.39. The van der Waals surface area contributed by atoms with E-state index in [2.05, 4.69) is 20.5 Å². The summed E-state index contributed by atoms with van der Waals surface area (Å²) in [5.41, 5.74) is 3.11. The molecule has 8 heteroatoms. The number of rotatable bonds is 6. The minimum Gasteiger partial charge on any atom is -0.350 e. The first-order valence-corrected chi connectivity index (χ1v) is 10.2. The molecule has 4 rings (SSSR count). The first-order chi connectivity index (χ1) is 13.6. The molecule has 0 aliphatic rings. The standard InChI is InChI=1S/C20H19N5OS2/c1-13-6-8-14(9-7-13)19-23-24-20(27)25(19)11-10-17(26)21-12-18-22-15-4-2-3-5-16(15)28-18/h2-9H,10-12H2,1H3,(H,21,26)(H,24,27). The van der Waals surface area contributed by atoms with Gasteiger partial charge in [0, 0.05) is 18.5 Å². The number of amides is 1. The molecule has 0 saturated heterocycles. The van der Waals surface area contributed by atoms with Crippen molar-refractivity contribution in [3.05, 3.63) is 63.9 Å². The molecular weight excluding hydrogens is 390 g/mol. The van der Waals surface area contributed by atoms with E-state index in [4.69, 9.17) is 12.2 Å². The number of benzene rings is 2. The number of thiazole rings is 1. The van der Waals surface area contributed by atoms with Crippen molar-refractivity contribution in [2.24, 2.45) is 0 Å².